The van der Waals surface area contributed by atoms with Crippen molar-refractivity contribution in [3.8, 4) is 5.75 Å². The topological polar surface area (TPSA) is 29.5 Å². The van der Waals surface area contributed by atoms with Crippen molar-refractivity contribution in [2.24, 2.45) is 17.8 Å². The van der Waals surface area contributed by atoms with Gasteiger partial charge in [0.1, 0.15) is 5.75 Å². The molecule has 0 spiro atoms. The molecule has 4 rings (SSSR count). The fourth-order valence-corrected chi connectivity index (χ4v) is 4.63. The minimum Gasteiger partial charge on any atom is -0.497 e. The smallest absolute Gasteiger partial charge is 0.226 e. The largest absolute Gasteiger partial charge is 0.497 e. The fourth-order valence-electron chi connectivity index (χ4n) is 4.63. The minimum atomic E-state index is 0.316. The van der Waals surface area contributed by atoms with Gasteiger partial charge in [-0.1, -0.05) is 12.5 Å². The van der Waals surface area contributed by atoms with E-state index in [1.165, 1.54) is 30.4 Å². The molecule has 0 radical (unpaired) electrons. The summed E-state index contributed by atoms with van der Waals surface area (Å²) in [4.78, 5) is 14.9. The van der Waals surface area contributed by atoms with Crippen molar-refractivity contribution in [3.05, 3.63) is 29.3 Å². The third-order valence-electron chi connectivity index (χ3n) is 5.79. The first-order valence-electron chi connectivity index (χ1n) is 8.19. The first-order valence-corrected chi connectivity index (χ1v) is 8.19. The number of rotatable bonds is 2. The van der Waals surface area contributed by atoms with Crippen LogP contribution in [0.4, 0.5) is 0 Å². The van der Waals surface area contributed by atoms with Crippen molar-refractivity contribution in [1.82, 2.24) is 4.90 Å². The van der Waals surface area contributed by atoms with Crippen LogP contribution in [0.25, 0.3) is 0 Å². The van der Waals surface area contributed by atoms with Crippen molar-refractivity contribution in [3.63, 3.8) is 0 Å². The van der Waals surface area contributed by atoms with E-state index in [-0.39, 0.29) is 0 Å². The van der Waals surface area contributed by atoms with Gasteiger partial charge in [0.15, 0.2) is 0 Å². The second-order valence-corrected chi connectivity index (χ2v) is 6.93. The molecule has 2 bridgehead atoms. The summed E-state index contributed by atoms with van der Waals surface area (Å²) < 4.78 is 5.31. The third-order valence-corrected chi connectivity index (χ3v) is 5.79. The molecule has 0 unspecified atom stereocenters. The Hall–Kier alpha value is -1.51. The molecule has 2 saturated carbocycles. The van der Waals surface area contributed by atoms with Crippen molar-refractivity contribution < 1.29 is 9.53 Å². The van der Waals surface area contributed by atoms with E-state index in [1.807, 2.05) is 6.07 Å². The molecule has 2 fully saturated rings. The van der Waals surface area contributed by atoms with Gasteiger partial charge in [-0.05, 0) is 60.8 Å². The molecule has 21 heavy (non-hydrogen) atoms. The number of fused-ring (bicyclic) bond motifs is 3. The molecule has 1 amide bonds. The van der Waals surface area contributed by atoms with Crippen molar-refractivity contribution in [2.75, 3.05) is 13.7 Å². The molecule has 0 aromatic heterocycles. The number of amides is 1. The SMILES string of the molecule is COc1ccc2c(c1)CN(C(=O)[C@@H]1C[C@H]3CC[C@H]1C3)CC2. The number of ether oxygens (including phenoxy) is 1. The van der Waals surface area contributed by atoms with E-state index < -0.39 is 0 Å². The van der Waals surface area contributed by atoms with E-state index in [2.05, 4.69) is 17.0 Å². The fraction of sp³-hybridized carbons (Fsp3) is 0.611. The third kappa shape index (κ3) is 2.23. The van der Waals surface area contributed by atoms with Gasteiger partial charge in [-0.15, -0.1) is 0 Å². The maximum absolute atomic E-state index is 12.8. The number of hydrogen-bond donors (Lipinski definition) is 0. The Bertz CT molecular complexity index is 568. The predicted molar refractivity (Wildman–Crippen MR) is 81.1 cm³/mol. The van der Waals surface area contributed by atoms with Gasteiger partial charge in [-0.25, -0.2) is 0 Å². The quantitative estimate of drug-likeness (QED) is 0.836. The van der Waals surface area contributed by atoms with Gasteiger partial charge in [0.2, 0.25) is 5.91 Å². The summed E-state index contributed by atoms with van der Waals surface area (Å²) in [6.07, 6.45) is 6.05. The number of nitrogens with zero attached hydrogens (tertiary/aromatic N) is 1. The van der Waals surface area contributed by atoms with Crippen LogP contribution in [0, 0.1) is 17.8 Å². The number of methoxy groups -OCH3 is 1. The molecule has 0 saturated heterocycles. The van der Waals surface area contributed by atoms with E-state index in [9.17, 15) is 4.79 Å². The summed E-state index contributed by atoms with van der Waals surface area (Å²) in [6, 6.07) is 6.26. The molecule has 1 aromatic carbocycles. The Morgan fingerprint density at radius 3 is 2.86 bits per heavy atom. The van der Waals surface area contributed by atoms with Crippen LogP contribution in [0.1, 0.15) is 36.8 Å². The molecule has 3 atom stereocenters. The second kappa shape index (κ2) is 5.04. The molecule has 1 aliphatic heterocycles. The number of hydrogen-bond acceptors (Lipinski definition) is 2. The number of carbonyl (C=O) groups excluding carboxylic acids is 1. The maximum Gasteiger partial charge on any atom is 0.226 e. The number of benzene rings is 1. The minimum absolute atomic E-state index is 0.316. The second-order valence-electron chi connectivity index (χ2n) is 6.93. The molecular weight excluding hydrogens is 262 g/mol. The Morgan fingerprint density at radius 1 is 1.24 bits per heavy atom. The van der Waals surface area contributed by atoms with E-state index in [0.29, 0.717) is 17.7 Å². The molecule has 2 aliphatic carbocycles. The van der Waals surface area contributed by atoms with Crippen LogP contribution in [0.2, 0.25) is 0 Å². The standard InChI is InChI=1S/C18H23NO2/c1-21-16-5-4-13-6-7-19(11-15(13)10-16)18(20)17-9-12-2-3-14(17)8-12/h4-5,10,12,14,17H,2-3,6-9,11H2,1H3/t12-,14-,17+/m0/s1. The average molecular weight is 285 g/mol. The van der Waals surface area contributed by atoms with Crippen molar-refractivity contribution in [1.29, 1.82) is 0 Å². The van der Waals surface area contributed by atoms with E-state index >= 15 is 0 Å². The zero-order chi connectivity index (χ0) is 14.4. The van der Waals surface area contributed by atoms with E-state index in [0.717, 1.165) is 37.6 Å². The summed E-state index contributed by atoms with van der Waals surface area (Å²) in [5.41, 5.74) is 2.63. The zero-order valence-electron chi connectivity index (χ0n) is 12.7. The highest BCUT2D eigenvalue weighted by Crippen LogP contribution is 2.49. The lowest BCUT2D eigenvalue weighted by Crippen LogP contribution is -2.41. The van der Waals surface area contributed by atoms with Gasteiger partial charge < -0.3 is 9.64 Å². The van der Waals surface area contributed by atoms with Crippen LogP contribution in [0.3, 0.4) is 0 Å². The Labute approximate surface area is 126 Å². The summed E-state index contributed by atoms with van der Waals surface area (Å²) in [5, 5.41) is 0. The molecule has 3 heteroatoms. The lowest BCUT2D eigenvalue weighted by molar-refractivity contribution is -0.138. The summed E-state index contributed by atoms with van der Waals surface area (Å²) in [6.45, 7) is 1.64. The average Bonchev–Trinajstić information content (AvgIpc) is 3.16. The molecule has 112 valence electrons. The van der Waals surface area contributed by atoms with Gasteiger partial charge in [-0.2, -0.15) is 0 Å². The van der Waals surface area contributed by atoms with Crippen molar-refractivity contribution >= 4 is 5.91 Å². The van der Waals surface area contributed by atoms with Crippen LogP contribution < -0.4 is 4.74 Å². The highest BCUT2D eigenvalue weighted by atomic mass is 16.5. The lowest BCUT2D eigenvalue weighted by atomic mass is 9.87. The summed E-state index contributed by atoms with van der Waals surface area (Å²) >= 11 is 0. The Balaban J connectivity index is 1.51. The highest BCUT2D eigenvalue weighted by Gasteiger charge is 2.44. The van der Waals surface area contributed by atoms with Crippen LogP contribution in [-0.4, -0.2) is 24.5 Å². The van der Waals surface area contributed by atoms with Crippen LogP contribution >= 0.6 is 0 Å². The highest BCUT2D eigenvalue weighted by molar-refractivity contribution is 5.80. The molecular formula is C18H23NO2. The van der Waals surface area contributed by atoms with Crippen molar-refractivity contribution in [2.45, 2.75) is 38.6 Å². The van der Waals surface area contributed by atoms with Crippen LogP contribution in [0.5, 0.6) is 5.75 Å². The normalized spacial score (nSPS) is 30.3. The maximum atomic E-state index is 12.8. The molecule has 1 heterocycles. The monoisotopic (exact) mass is 285 g/mol. The van der Waals surface area contributed by atoms with Crippen LogP contribution in [-0.2, 0) is 17.8 Å². The summed E-state index contributed by atoms with van der Waals surface area (Å²) in [7, 11) is 1.70. The van der Waals surface area contributed by atoms with E-state index in [4.69, 9.17) is 4.74 Å². The molecule has 1 aromatic rings. The first-order chi connectivity index (χ1) is 10.2. The van der Waals surface area contributed by atoms with Crippen LogP contribution in [0.15, 0.2) is 18.2 Å². The van der Waals surface area contributed by atoms with Gasteiger partial charge in [-0.3, -0.25) is 4.79 Å². The predicted octanol–water partition coefficient (Wildman–Crippen LogP) is 3.02. The van der Waals surface area contributed by atoms with Gasteiger partial charge in [0.05, 0.1) is 7.11 Å². The lowest BCUT2D eigenvalue weighted by Gasteiger charge is -2.33. The van der Waals surface area contributed by atoms with Gasteiger partial charge in [0, 0.05) is 19.0 Å². The van der Waals surface area contributed by atoms with E-state index in [1.54, 1.807) is 7.11 Å². The molecule has 3 aliphatic rings. The zero-order valence-corrected chi connectivity index (χ0v) is 12.7. The molecule has 0 N–H and O–H groups in total. The van der Waals surface area contributed by atoms with Gasteiger partial charge in [0.25, 0.3) is 0 Å². The first kappa shape index (κ1) is 13.2. The summed E-state index contributed by atoms with van der Waals surface area (Å²) in [5.74, 6) is 3.13. The molecule has 3 nitrogen and oxygen atoms in total. The Kier molecular flexibility index (Phi) is 3.16. The van der Waals surface area contributed by atoms with Gasteiger partial charge >= 0.3 is 0 Å². The Morgan fingerprint density at radius 2 is 2.14 bits per heavy atom. The number of carbonyl (C=O) groups is 1.